The van der Waals surface area contributed by atoms with Crippen LogP contribution in [0.5, 0.6) is 0 Å². The van der Waals surface area contributed by atoms with Crippen LogP contribution in [0.1, 0.15) is 12.0 Å². The first kappa shape index (κ1) is 10.7. The minimum Gasteiger partial charge on any atom is -0.318 e. The fraction of sp³-hybridized carbons (Fsp3) is 0.0667. The third kappa shape index (κ3) is 2.02. The van der Waals surface area contributed by atoms with E-state index in [4.69, 9.17) is 0 Å². The van der Waals surface area contributed by atoms with Crippen molar-refractivity contribution in [1.29, 1.82) is 0 Å². The van der Waals surface area contributed by atoms with Gasteiger partial charge in [-0.2, -0.15) is 0 Å². The maximum Gasteiger partial charge on any atom is 0.341 e. The summed E-state index contributed by atoms with van der Waals surface area (Å²) in [6.45, 7) is 0. The molecule has 0 fully saturated rings. The summed E-state index contributed by atoms with van der Waals surface area (Å²) in [6, 6.07) is 18.1. The Kier molecular flexibility index (Phi) is 2.65. The highest BCUT2D eigenvalue weighted by atomic mass is 16.7. The van der Waals surface area contributed by atoms with Crippen molar-refractivity contribution in [2.45, 2.75) is 6.42 Å². The van der Waals surface area contributed by atoms with Crippen molar-refractivity contribution in [1.82, 2.24) is 0 Å². The molecule has 0 saturated heterocycles. The molecule has 0 bridgehead atoms. The Labute approximate surface area is 105 Å². The third-order valence-electron chi connectivity index (χ3n) is 2.89. The van der Waals surface area contributed by atoms with Crippen LogP contribution in [0.4, 0.5) is 0 Å². The second kappa shape index (κ2) is 4.45. The number of benzene rings is 2. The van der Waals surface area contributed by atoms with Gasteiger partial charge in [-0.25, -0.2) is 4.79 Å². The number of oxime groups is 1. The average Bonchev–Trinajstić information content (AvgIpc) is 2.87. The summed E-state index contributed by atoms with van der Waals surface area (Å²) in [5.74, 6) is -0.294. The fourth-order valence-electron chi connectivity index (χ4n) is 1.95. The molecule has 1 heterocycles. The number of carbonyl (C=O) groups excluding carboxylic acids is 1. The lowest BCUT2D eigenvalue weighted by atomic mass is 10.0. The Morgan fingerprint density at radius 2 is 1.44 bits per heavy atom. The molecular formula is C15H11NO2. The summed E-state index contributed by atoms with van der Waals surface area (Å²) in [4.78, 5) is 15.6. The van der Waals surface area contributed by atoms with Gasteiger partial charge in [-0.1, -0.05) is 59.8 Å². The van der Waals surface area contributed by atoms with E-state index in [-0.39, 0.29) is 12.4 Å². The van der Waals surface area contributed by atoms with Crippen LogP contribution in [-0.4, -0.2) is 11.7 Å². The Balaban J connectivity index is 1.88. The minimum absolute atomic E-state index is 0.255. The van der Waals surface area contributed by atoms with Gasteiger partial charge in [0.1, 0.15) is 0 Å². The second-order valence-corrected chi connectivity index (χ2v) is 4.12. The van der Waals surface area contributed by atoms with E-state index in [1.165, 1.54) is 5.56 Å². The number of hydrogen-bond donors (Lipinski definition) is 0. The molecule has 1 aliphatic heterocycles. The minimum atomic E-state index is -0.294. The maximum absolute atomic E-state index is 11.0. The molecule has 0 aromatic heterocycles. The van der Waals surface area contributed by atoms with E-state index in [0.29, 0.717) is 5.71 Å². The van der Waals surface area contributed by atoms with E-state index in [1.807, 2.05) is 42.5 Å². The zero-order valence-corrected chi connectivity index (χ0v) is 9.67. The van der Waals surface area contributed by atoms with E-state index in [2.05, 4.69) is 22.1 Å². The number of carbonyl (C=O) groups is 1. The largest absolute Gasteiger partial charge is 0.341 e. The lowest BCUT2D eigenvalue weighted by molar-refractivity contribution is -0.140. The van der Waals surface area contributed by atoms with E-state index in [0.717, 1.165) is 11.1 Å². The monoisotopic (exact) mass is 237 g/mol. The van der Waals surface area contributed by atoms with Crippen LogP contribution in [0.3, 0.4) is 0 Å². The van der Waals surface area contributed by atoms with Crippen molar-refractivity contribution in [2.75, 3.05) is 0 Å². The Morgan fingerprint density at radius 1 is 0.833 bits per heavy atom. The smallest absolute Gasteiger partial charge is 0.318 e. The molecule has 0 unspecified atom stereocenters. The molecule has 88 valence electrons. The molecule has 0 spiro atoms. The molecular weight excluding hydrogens is 226 g/mol. The molecule has 18 heavy (non-hydrogen) atoms. The van der Waals surface area contributed by atoms with Crippen LogP contribution in [-0.2, 0) is 9.63 Å². The molecule has 3 rings (SSSR count). The van der Waals surface area contributed by atoms with Crippen LogP contribution < -0.4 is 0 Å². The van der Waals surface area contributed by atoms with Gasteiger partial charge in [-0.3, -0.25) is 0 Å². The van der Waals surface area contributed by atoms with Crippen LogP contribution in [0.2, 0.25) is 0 Å². The highest BCUT2D eigenvalue weighted by Gasteiger charge is 2.18. The van der Waals surface area contributed by atoms with Crippen LogP contribution in [0, 0.1) is 0 Å². The summed E-state index contributed by atoms with van der Waals surface area (Å²) in [6.07, 6.45) is 0.255. The van der Waals surface area contributed by atoms with Gasteiger partial charge in [0, 0.05) is 0 Å². The van der Waals surface area contributed by atoms with Gasteiger partial charge >= 0.3 is 5.97 Å². The summed E-state index contributed by atoms with van der Waals surface area (Å²) in [5, 5.41) is 3.76. The van der Waals surface area contributed by atoms with Gasteiger partial charge in [-0.15, -0.1) is 0 Å². The van der Waals surface area contributed by atoms with Gasteiger partial charge in [0.05, 0.1) is 12.1 Å². The molecule has 0 saturated carbocycles. The lowest BCUT2D eigenvalue weighted by Crippen LogP contribution is -2.00. The standard InChI is InChI=1S/C15H11NO2/c17-15-10-14(16-18-15)13-8-6-12(7-9-13)11-4-2-1-3-5-11/h1-9H,10H2. The maximum atomic E-state index is 11.0. The first-order chi connectivity index (χ1) is 8.83. The predicted octanol–water partition coefficient (Wildman–Crippen LogP) is 3.00. The Hall–Kier alpha value is -2.42. The average molecular weight is 237 g/mol. The number of nitrogens with zero attached hydrogens (tertiary/aromatic N) is 1. The zero-order chi connectivity index (χ0) is 12.4. The third-order valence-corrected chi connectivity index (χ3v) is 2.89. The highest BCUT2D eigenvalue weighted by Crippen LogP contribution is 2.20. The molecule has 0 N–H and O–H groups in total. The normalized spacial score (nSPS) is 14.2. The van der Waals surface area contributed by atoms with Crippen molar-refractivity contribution in [3.05, 3.63) is 60.2 Å². The van der Waals surface area contributed by atoms with Gasteiger partial charge in [0.25, 0.3) is 0 Å². The van der Waals surface area contributed by atoms with E-state index in [1.54, 1.807) is 0 Å². The summed E-state index contributed by atoms with van der Waals surface area (Å²) >= 11 is 0. The molecule has 2 aromatic carbocycles. The number of rotatable bonds is 2. The van der Waals surface area contributed by atoms with Crippen molar-refractivity contribution >= 4 is 11.7 Å². The quantitative estimate of drug-likeness (QED) is 0.753. The SMILES string of the molecule is O=C1CC(c2ccc(-c3ccccc3)cc2)=NO1. The molecule has 1 aliphatic rings. The first-order valence-corrected chi connectivity index (χ1v) is 5.75. The number of hydrogen-bond acceptors (Lipinski definition) is 3. The van der Waals surface area contributed by atoms with Crippen LogP contribution >= 0.6 is 0 Å². The van der Waals surface area contributed by atoms with E-state index in [9.17, 15) is 4.79 Å². The summed E-state index contributed by atoms with van der Waals surface area (Å²) in [7, 11) is 0. The second-order valence-electron chi connectivity index (χ2n) is 4.12. The lowest BCUT2D eigenvalue weighted by Gasteiger charge is -2.03. The van der Waals surface area contributed by atoms with E-state index >= 15 is 0 Å². The molecule has 0 radical (unpaired) electrons. The first-order valence-electron chi connectivity index (χ1n) is 5.75. The zero-order valence-electron chi connectivity index (χ0n) is 9.67. The van der Waals surface area contributed by atoms with Crippen LogP contribution in [0.25, 0.3) is 11.1 Å². The highest BCUT2D eigenvalue weighted by molar-refractivity contribution is 6.11. The molecule has 0 aliphatic carbocycles. The molecule has 0 amide bonds. The van der Waals surface area contributed by atoms with E-state index < -0.39 is 0 Å². The topological polar surface area (TPSA) is 38.7 Å². The predicted molar refractivity (Wildman–Crippen MR) is 69.1 cm³/mol. The van der Waals surface area contributed by atoms with Gasteiger partial charge < -0.3 is 4.84 Å². The summed E-state index contributed by atoms with van der Waals surface area (Å²) in [5.41, 5.74) is 3.94. The van der Waals surface area contributed by atoms with Crippen molar-refractivity contribution in [3.8, 4) is 11.1 Å². The van der Waals surface area contributed by atoms with Gasteiger partial charge in [0.15, 0.2) is 0 Å². The molecule has 3 heteroatoms. The van der Waals surface area contributed by atoms with Crippen molar-refractivity contribution < 1.29 is 9.63 Å². The van der Waals surface area contributed by atoms with Crippen molar-refractivity contribution in [2.24, 2.45) is 5.16 Å². The Morgan fingerprint density at radius 3 is 2.06 bits per heavy atom. The van der Waals surface area contributed by atoms with Gasteiger partial charge in [0.2, 0.25) is 0 Å². The molecule has 3 nitrogen and oxygen atoms in total. The van der Waals surface area contributed by atoms with Crippen LogP contribution in [0.15, 0.2) is 59.8 Å². The molecule has 0 atom stereocenters. The van der Waals surface area contributed by atoms with Crippen molar-refractivity contribution in [3.63, 3.8) is 0 Å². The Bertz CT molecular complexity index is 600. The molecule has 2 aromatic rings. The fourth-order valence-corrected chi connectivity index (χ4v) is 1.95. The van der Waals surface area contributed by atoms with Gasteiger partial charge in [-0.05, 0) is 16.7 Å². The summed E-state index contributed by atoms with van der Waals surface area (Å²) < 4.78 is 0.